The minimum absolute atomic E-state index is 0.420. The van der Waals surface area contributed by atoms with Crippen LogP contribution in [0.4, 0.5) is 0 Å². The molecule has 2 atom stereocenters. The molecule has 0 saturated carbocycles. The molecule has 1 fully saturated rings. The molecule has 2 nitrogen and oxygen atoms in total. The number of benzene rings is 2. The molecule has 134 valence electrons. The van der Waals surface area contributed by atoms with E-state index in [4.69, 9.17) is 9.47 Å². The molecule has 3 rings (SSSR count). The molecule has 0 N–H and O–H groups in total. The first-order valence-corrected chi connectivity index (χ1v) is 9.98. The Kier molecular flexibility index (Phi) is 5.88. The first kappa shape index (κ1) is 18.5. The Labute approximate surface area is 155 Å². The summed E-state index contributed by atoms with van der Waals surface area (Å²) in [5.41, 5.74) is 2.12. The summed E-state index contributed by atoms with van der Waals surface area (Å²) in [4.78, 5) is 0.891. The van der Waals surface area contributed by atoms with Gasteiger partial charge in [0.2, 0.25) is 0 Å². The van der Waals surface area contributed by atoms with Gasteiger partial charge in [-0.3, -0.25) is 0 Å². The van der Waals surface area contributed by atoms with Crippen molar-refractivity contribution in [3.63, 3.8) is 0 Å². The lowest BCUT2D eigenvalue weighted by molar-refractivity contribution is -0.0834. The fourth-order valence-corrected chi connectivity index (χ4v) is 5.08. The third-order valence-corrected chi connectivity index (χ3v) is 6.96. The highest BCUT2D eigenvalue weighted by atomic mass is 32.2. The number of aryl methyl sites for hydroxylation is 1. The van der Waals surface area contributed by atoms with Gasteiger partial charge in [-0.25, -0.2) is 0 Å². The van der Waals surface area contributed by atoms with Crippen molar-refractivity contribution in [2.75, 3.05) is 13.7 Å². The molecule has 0 amide bonds. The lowest BCUT2D eigenvalue weighted by atomic mass is 9.89. The molecule has 0 spiro atoms. The first-order chi connectivity index (χ1) is 12.1. The highest BCUT2D eigenvalue weighted by Crippen LogP contribution is 2.55. The van der Waals surface area contributed by atoms with E-state index in [-0.39, 0.29) is 0 Å². The largest absolute Gasteiger partial charge is 0.366 e. The van der Waals surface area contributed by atoms with Crippen molar-refractivity contribution in [1.29, 1.82) is 0 Å². The Morgan fingerprint density at radius 3 is 2.52 bits per heavy atom. The second kappa shape index (κ2) is 7.94. The number of methoxy groups -OCH3 is 1. The molecular weight excluding hydrogens is 328 g/mol. The second-order valence-corrected chi connectivity index (χ2v) is 8.07. The van der Waals surface area contributed by atoms with Crippen LogP contribution in [0.2, 0.25) is 0 Å². The van der Waals surface area contributed by atoms with Crippen LogP contribution in [0.5, 0.6) is 0 Å². The first-order valence-electron chi connectivity index (χ1n) is 9.17. The van der Waals surface area contributed by atoms with E-state index < -0.39 is 10.5 Å². The molecule has 0 aliphatic carbocycles. The van der Waals surface area contributed by atoms with E-state index in [0.717, 1.165) is 12.8 Å². The molecule has 1 aliphatic rings. The van der Waals surface area contributed by atoms with Crippen molar-refractivity contribution in [2.24, 2.45) is 0 Å². The van der Waals surface area contributed by atoms with Crippen molar-refractivity contribution in [3.8, 4) is 0 Å². The van der Waals surface area contributed by atoms with Crippen LogP contribution in [0.1, 0.15) is 44.2 Å². The zero-order valence-electron chi connectivity index (χ0n) is 15.5. The van der Waals surface area contributed by atoms with Gasteiger partial charge in [-0.1, -0.05) is 73.6 Å². The van der Waals surface area contributed by atoms with Crippen LogP contribution in [0.3, 0.4) is 0 Å². The van der Waals surface area contributed by atoms with Crippen LogP contribution in [0, 0.1) is 0 Å². The van der Waals surface area contributed by atoms with E-state index in [0.29, 0.717) is 6.61 Å². The van der Waals surface area contributed by atoms with Crippen LogP contribution in [0.15, 0.2) is 59.5 Å². The minimum atomic E-state index is -0.467. The number of unbranched alkanes of at least 4 members (excludes halogenated alkanes) is 1. The maximum absolute atomic E-state index is 6.28. The number of hydrogen-bond donors (Lipinski definition) is 0. The fraction of sp³-hybridized carbons (Fsp3) is 0.455. The topological polar surface area (TPSA) is 18.5 Å². The molecule has 0 radical (unpaired) electrons. The van der Waals surface area contributed by atoms with E-state index in [9.17, 15) is 0 Å². The van der Waals surface area contributed by atoms with Crippen molar-refractivity contribution in [2.45, 2.75) is 55.0 Å². The Morgan fingerprint density at radius 1 is 1.08 bits per heavy atom. The highest BCUT2D eigenvalue weighted by Gasteiger charge is 2.56. The normalized spacial score (nSPS) is 26.0. The van der Waals surface area contributed by atoms with Crippen molar-refractivity contribution >= 4 is 11.8 Å². The van der Waals surface area contributed by atoms with Gasteiger partial charge < -0.3 is 9.47 Å². The highest BCUT2D eigenvalue weighted by molar-refractivity contribution is 8.00. The molecule has 0 aromatic heterocycles. The SMILES string of the molecule is CCCCc1ccccc1SC1(OC)CCOC1(C)c1ccccc1. The molecule has 0 bridgehead atoms. The molecule has 2 aromatic carbocycles. The van der Waals surface area contributed by atoms with Gasteiger partial charge in [0.05, 0.1) is 6.61 Å². The summed E-state index contributed by atoms with van der Waals surface area (Å²) in [7, 11) is 1.82. The number of rotatable bonds is 7. The molecule has 25 heavy (non-hydrogen) atoms. The Morgan fingerprint density at radius 2 is 1.80 bits per heavy atom. The predicted octanol–water partition coefficient (Wildman–Crippen LogP) is 5.80. The number of thioether (sulfide) groups is 1. The van der Waals surface area contributed by atoms with Gasteiger partial charge in [0.25, 0.3) is 0 Å². The van der Waals surface area contributed by atoms with E-state index >= 15 is 0 Å². The lowest BCUT2D eigenvalue weighted by Crippen LogP contribution is -2.45. The van der Waals surface area contributed by atoms with Crippen LogP contribution in [-0.2, 0) is 21.5 Å². The van der Waals surface area contributed by atoms with Crippen molar-refractivity contribution in [1.82, 2.24) is 0 Å². The van der Waals surface area contributed by atoms with Crippen LogP contribution in [-0.4, -0.2) is 18.6 Å². The zero-order valence-corrected chi connectivity index (χ0v) is 16.3. The summed E-state index contributed by atoms with van der Waals surface area (Å²) < 4.78 is 12.5. The van der Waals surface area contributed by atoms with Gasteiger partial charge in [0.15, 0.2) is 4.93 Å². The summed E-state index contributed by atoms with van der Waals surface area (Å²) in [6, 6.07) is 19.2. The van der Waals surface area contributed by atoms with Crippen LogP contribution in [0.25, 0.3) is 0 Å². The Bertz CT molecular complexity index is 687. The third kappa shape index (κ3) is 3.51. The van der Waals surface area contributed by atoms with E-state index in [1.165, 1.54) is 28.9 Å². The van der Waals surface area contributed by atoms with E-state index in [2.05, 4.69) is 62.4 Å². The Balaban J connectivity index is 1.96. The monoisotopic (exact) mass is 356 g/mol. The van der Waals surface area contributed by atoms with Crippen LogP contribution >= 0.6 is 11.8 Å². The molecular formula is C22H28O2S. The summed E-state index contributed by atoms with van der Waals surface area (Å²) >= 11 is 1.83. The maximum atomic E-state index is 6.28. The molecule has 2 aromatic rings. The van der Waals surface area contributed by atoms with Crippen molar-refractivity contribution < 1.29 is 9.47 Å². The molecule has 2 unspecified atom stereocenters. The minimum Gasteiger partial charge on any atom is -0.366 e. The summed E-state index contributed by atoms with van der Waals surface area (Å²) in [5, 5.41) is 0. The second-order valence-electron chi connectivity index (χ2n) is 6.77. The summed E-state index contributed by atoms with van der Waals surface area (Å²) in [5.74, 6) is 0. The van der Waals surface area contributed by atoms with Gasteiger partial charge in [-0.05, 0) is 37.0 Å². The van der Waals surface area contributed by atoms with Gasteiger partial charge >= 0.3 is 0 Å². The van der Waals surface area contributed by atoms with E-state index in [1.54, 1.807) is 0 Å². The smallest absolute Gasteiger partial charge is 0.152 e. The quantitative estimate of drug-likeness (QED) is 0.584. The summed E-state index contributed by atoms with van der Waals surface area (Å²) in [6.45, 7) is 5.12. The van der Waals surface area contributed by atoms with Gasteiger partial charge in [-0.2, -0.15) is 0 Å². The number of hydrogen-bond acceptors (Lipinski definition) is 3. The molecule has 1 aliphatic heterocycles. The van der Waals surface area contributed by atoms with Crippen LogP contribution < -0.4 is 0 Å². The summed E-state index contributed by atoms with van der Waals surface area (Å²) in [6.07, 6.45) is 4.41. The third-order valence-electron chi connectivity index (χ3n) is 5.25. The molecule has 1 heterocycles. The Hall–Kier alpha value is -1.29. The fourth-order valence-electron chi connectivity index (χ4n) is 3.64. The number of ether oxygens (including phenoxy) is 2. The standard InChI is InChI=1S/C22H28O2S/c1-4-5-11-18-12-9-10-15-20(18)25-22(23-3)16-17-24-21(22,2)19-13-7-6-8-14-19/h6-10,12-15H,4-5,11,16-17H2,1-3H3. The molecule has 3 heteroatoms. The van der Waals surface area contributed by atoms with Gasteiger partial charge in [0, 0.05) is 18.4 Å². The lowest BCUT2D eigenvalue weighted by Gasteiger charge is -2.41. The maximum Gasteiger partial charge on any atom is 0.152 e. The molecule has 1 saturated heterocycles. The average molecular weight is 357 g/mol. The zero-order chi connectivity index (χ0) is 17.8. The van der Waals surface area contributed by atoms with E-state index in [1.807, 2.05) is 24.9 Å². The average Bonchev–Trinajstić information content (AvgIpc) is 2.99. The van der Waals surface area contributed by atoms with Gasteiger partial charge in [-0.15, -0.1) is 0 Å². The predicted molar refractivity (Wildman–Crippen MR) is 105 cm³/mol. The van der Waals surface area contributed by atoms with Gasteiger partial charge in [0.1, 0.15) is 5.60 Å². The van der Waals surface area contributed by atoms with Crippen molar-refractivity contribution in [3.05, 3.63) is 65.7 Å².